The summed E-state index contributed by atoms with van der Waals surface area (Å²) >= 11 is 1.35. The average Bonchev–Trinajstić information content (AvgIpc) is 2.77. The summed E-state index contributed by atoms with van der Waals surface area (Å²) in [4.78, 5) is 13.6. The Kier molecular flexibility index (Phi) is 4.19. The molecule has 19 heavy (non-hydrogen) atoms. The van der Waals surface area contributed by atoms with E-state index >= 15 is 0 Å². The summed E-state index contributed by atoms with van der Waals surface area (Å²) in [6.45, 7) is 1.73. The highest BCUT2D eigenvalue weighted by Gasteiger charge is 2.16. The van der Waals surface area contributed by atoms with Crippen LogP contribution < -0.4 is 11.1 Å². The molecule has 0 bridgehead atoms. The fraction of sp³-hybridized carbons (Fsp3) is 0.214. The minimum absolute atomic E-state index is 0.143. The van der Waals surface area contributed by atoms with Gasteiger partial charge in [0, 0.05) is 10.6 Å². The van der Waals surface area contributed by atoms with E-state index in [0.29, 0.717) is 10.6 Å². The van der Waals surface area contributed by atoms with Crippen LogP contribution in [-0.4, -0.2) is 17.6 Å². The Labute approximate surface area is 115 Å². The summed E-state index contributed by atoms with van der Waals surface area (Å²) in [7, 11) is 0. The third kappa shape index (κ3) is 3.13. The molecule has 0 aliphatic rings. The Morgan fingerprint density at radius 3 is 2.63 bits per heavy atom. The average molecular weight is 276 g/mol. The Morgan fingerprint density at radius 1 is 1.42 bits per heavy atom. The van der Waals surface area contributed by atoms with Crippen LogP contribution in [0.4, 0.5) is 5.69 Å². The molecule has 0 radical (unpaired) electrons. The lowest BCUT2D eigenvalue weighted by molar-refractivity contribution is 0.0920. The minimum atomic E-state index is -0.405. The number of carbonyl (C=O) groups is 1. The second-order valence-corrected chi connectivity index (χ2v) is 5.50. The number of aliphatic hydroxyl groups is 1. The maximum Gasteiger partial charge on any atom is 0.261 e. The van der Waals surface area contributed by atoms with Crippen molar-refractivity contribution in [3.8, 4) is 0 Å². The molecule has 5 heteroatoms. The van der Waals surface area contributed by atoms with E-state index in [2.05, 4.69) is 5.32 Å². The van der Waals surface area contributed by atoms with Crippen molar-refractivity contribution in [2.45, 2.75) is 13.0 Å². The molecule has 0 aliphatic heterocycles. The number of nitrogens with two attached hydrogens (primary N) is 1. The fourth-order valence-electron chi connectivity index (χ4n) is 1.76. The second kappa shape index (κ2) is 5.86. The van der Waals surface area contributed by atoms with Crippen LogP contribution in [0.5, 0.6) is 0 Å². The van der Waals surface area contributed by atoms with Crippen molar-refractivity contribution in [2.24, 2.45) is 0 Å². The molecule has 0 aliphatic carbocycles. The number of thiophene rings is 1. The number of anilines is 1. The Bertz CT molecular complexity index is 547. The van der Waals surface area contributed by atoms with Gasteiger partial charge in [0.05, 0.1) is 17.5 Å². The summed E-state index contributed by atoms with van der Waals surface area (Å²) in [6.07, 6.45) is 0. The maximum absolute atomic E-state index is 12.1. The maximum atomic E-state index is 12.1. The van der Waals surface area contributed by atoms with Gasteiger partial charge in [-0.3, -0.25) is 4.79 Å². The van der Waals surface area contributed by atoms with Crippen LogP contribution in [0.25, 0.3) is 0 Å². The zero-order valence-corrected chi connectivity index (χ0v) is 11.4. The standard InChI is InChI=1S/C14H16N2O2S/c1-9-11(15)7-13(19-9)14(18)16-12(8-17)10-5-3-2-4-6-10/h2-7,12,17H,8,15H2,1H3,(H,16,18)/t12-/m0/s1. The Hall–Kier alpha value is -1.85. The first-order valence-corrected chi connectivity index (χ1v) is 6.76. The molecular formula is C14H16N2O2S. The quantitative estimate of drug-likeness (QED) is 0.800. The highest BCUT2D eigenvalue weighted by molar-refractivity contribution is 7.14. The van der Waals surface area contributed by atoms with E-state index < -0.39 is 6.04 Å². The van der Waals surface area contributed by atoms with Gasteiger partial charge in [0.1, 0.15) is 0 Å². The fourth-order valence-corrected chi connectivity index (χ4v) is 2.60. The molecule has 100 valence electrons. The lowest BCUT2D eigenvalue weighted by atomic mass is 10.1. The number of rotatable bonds is 4. The number of hydrogen-bond donors (Lipinski definition) is 3. The van der Waals surface area contributed by atoms with E-state index in [1.165, 1.54) is 11.3 Å². The molecule has 2 rings (SSSR count). The van der Waals surface area contributed by atoms with Crippen molar-refractivity contribution in [2.75, 3.05) is 12.3 Å². The third-order valence-corrected chi connectivity index (χ3v) is 3.93. The number of aryl methyl sites for hydroxylation is 1. The SMILES string of the molecule is Cc1sc(C(=O)N[C@@H](CO)c2ccccc2)cc1N. The van der Waals surface area contributed by atoms with E-state index in [1.54, 1.807) is 6.07 Å². The van der Waals surface area contributed by atoms with Crippen LogP contribution in [0.3, 0.4) is 0 Å². The van der Waals surface area contributed by atoms with Crippen molar-refractivity contribution in [3.05, 3.63) is 51.7 Å². The van der Waals surface area contributed by atoms with Gasteiger partial charge in [-0.1, -0.05) is 30.3 Å². The summed E-state index contributed by atoms with van der Waals surface area (Å²) < 4.78 is 0. The zero-order chi connectivity index (χ0) is 13.8. The Balaban J connectivity index is 2.13. The molecule has 0 fully saturated rings. The number of benzene rings is 1. The predicted molar refractivity (Wildman–Crippen MR) is 77.2 cm³/mol. The number of carbonyl (C=O) groups excluding carboxylic acids is 1. The topological polar surface area (TPSA) is 75.3 Å². The van der Waals surface area contributed by atoms with Crippen molar-refractivity contribution in [1.82, 2.24) is 5.32 Å². The van der Waals surface area contributed by atoms with Gasteiger partial charge in [-0.15, -0.1) is 11.3 Å². The van der Waals surface area contributed by atoms with Crippen molar-refractivity contribution in [1.29, 1.82) is 0 Å². The number of hydrogen-bond acceptors (Lipinski definition) is 4. The molecule has 0 saturated carbocycles. The largest absolute Gasteiger partial charge is 0.398 e. The molecule has 0 saturated heterocycles. The van der Waals surface area contributed by atoms with Crippen LogP contribution in [0.2, 0.25) is 0 Å². The minimum Gasteiger partial charge on any atom is -0.398 e. The van der Waals surface area contributed by atoms with Crippen LogP contribution in [0.15, 0.2) is 36.4 Å². The van der Waals surface area contributed by atoms with Gasteiger partial charge in [-0.25, -0.2) is 0 Å². The first-order chi connectivity index (χ1) is 9.11. The molecule has 0 unspecified atom stereocenters. The molecule has 4 nitrogen and oxygen atoms in total. The lowest BCUT2D eigenvalue weighted by Crippen LogP contribution is -2.30. The Morgan fingerprint density at radius 2 is 2.11 bits per heavy atom. The van der Waals surface area contributed by atoms with Gasteiger partial charge >= 0.3 is 0 Å². The molecule has 1 amide bonds. The number of nitrogens with one attached hydrogen (secondary N) is 1. The van der Waals surface area contributed by atoms with Crippen LogP contribution in [0, 0.1) is 6.92 Å². The molecule has 2 aromatic rings. The monoisotopic (exact) mass is 276 g/mol. The van der Waals surface area contributed by atoms with E-state index in [1.807, 2.05) is 37.3 Å². The van der Waals surface area contributed by atoms with E-state index in [-0.39, 0.29) is 12.5 Å². The highest BCUT2D eigenvalue weighted by Crippen LogP contribution is 2.24. The molecule has 1 aromatic heterocycles. The van der Waals surface area contributed by atoms with Gasteiger partial charge in [0.2, 0.25) is 0 Å². The van der Waals surface area contributed by atoms with E-state index in [0.717, 1.165) is 10.4 Å². The number of nitrogen functional groups attached to an aromatic ring is 1. The van der Waals surface area contributed by atoms with Crippen LogP contribution >= 0.6 is 11.3 Å². The van der Waals surface area contributed by atoms with Crippen LogP contribution in [0.1, 0.15) is 26.2 Å². The number of amides is 1. The zero-order valence-electron chi connectivity index (χ0n) is 10.6. The van der Waals surface area contributed by atoms with Gasteiger partial charge in [0.25, 0.3) is 5.91 Å². The normalized spacial score (nSPS) is 12.1. The van der Waals surface area contributed by atoms with Crippen LogP contribution in [-0.2, 0) is 0 Å². The summed E-state index contributed by atoms with van der Waals surface area (Å²) in [5.74, 6) is -0.215. The van der Waals surface area contributed by atoms with Gasteiger partial charge in [-0.05, 0) is 18.6 Å². The highest BCUT2D eigenvalue weighted by atomic mass is 32.1. The first-order valence-electron chi connectivity index (χ1n) is 5.94. The lowest BCUT2D eigenvalue weighted by Gasteiger charge is -2.16. The van der Waals surface area contributed by atoms with Gasteiger partial charge in [0.15, 0.2) is 0 Å². The second-order valence-electron chi connectivity index (χ2n) is 4.24. The molecule has 0 spiro atoms. The van der Waals surface area contributed by atoms with E-state index in [9.17, 15) is 9.90 Å². The molecule has 1 aromatic carbocycles. The molecule has 1 atom stereocenters. The molecular weight excluding hydrogens is 260 g/mol. The van der Waals surface area contributed by atoms with Gasteiger partial charge < -0.3 is 16.2 Å². The van der Waals surface area contributed by atoms with Crippen molar-refractivity contribution >= 4 is 22.9 Å². The van der Waals surface area contributed by atoms with Crippen molar-refractivity contribution in [3.63, 3.8) is 0 Å². The third-order valence-electron chi connectivity index (χ3n) is 2.87. The summed E-state index contributed by atoms with van der Waals surface area (Å²) in [6, 6.07) is 10.6. The molecule has 1 heterocycles. The number of aliphatic hydroxyl groups excluding tert-OH is 1. The summed E-state index contributed by atoms with van der Waals surface area (Å²) in [5.41, 5.74) is 7.23. The molecule has 4 N–H and O–H groups in total. The smallest absolute Gasteiger partial charge is 0.261 e. The van der Waals surface area contributed by atoms with Crippen molar-refractivity contribution < 1.29 is 9.90 Å². The van der Waals surface area contributed by atoms with E-state index in [4.69, 9.17) is 5.73 Å². The summed E-state index contributed by atoms with van der Waals surface area (Å²) in [5, 5.41) is 12.2. The predicted octanol–water partition coefficient (Wildman–Crippen LogP) is 2.10. The van der Waals surface area contributed by atoms with Gasteiger partial charge in [-0.2, -0.15) is 0 Å². The first kappa shape index (κ1) is 13.6.